The maximum Gasteiger partial charge on any atom is 0.0738 e. The van der Waals surface area contributed by atoms with Crippen LogP contribution < -0.4 is 0 Å². The molecule has 84 heavy (non-hydrogen) atoms. The van der Waals surface area contributed by atoms with Gasteiger partial charge < -0.3 is 19.9 Å². The van der Waals surface area contributed by atoms with Crippen LogP contribution in [0.4, 0.5) is 0 Å². The number of aromatic nitrogens is 8. The van der Waals surface area contributed by atoms with E-state index in [4.69, 9.17) is 19.9 Å². The Labute approximate surface area is 490 Å². The fraction of sp³-hybridized carbons (Fsp3) is 0.158. The molecule has 10 aromatic rings. The first-order valence-electron chi connectivity index (χ1n) is 29.1. The summed E-state index contributed by atoms with van der Waals surface area (Å²) < 4.78 is 0. The monoisotopic (exact) mass is 1090 g/mol. The molecule has 0 unspecified atom stereocenters. The van der Waals surface area contributed by atoms with Crippen LogP contribution in [0, 0.1) is 83.1 Å². The van der Waals surface area contributed by atoms with E-state index in [9.17, 15) is 0 Å². The highest BCUT2D eigenvalue weighted by Gasteiger charge is 2.25. The van der Waals surface area contributed by atoms with Crippen molar-refractivity contribution in [3.63, 3.8) is 0 Å². The number of hydrogen-bond donors (Lipinski definition) is 4. The molecule has 4 aliphatic rings. The van der Waals surface area contributed by atoms with Gasteiger partial charge in [0.1, 0.15) is 0 Å². The van der Waals surface area contributed by atoms with E-state index in [-0.39, 0.29) is 0 Å². The quantitative estimate of drug-likeness (QED) is 0.137. The Morgan fingerprint density at radius 2 is 0.429 bits per heavy atom. The van der Waals surface area contributed by atoms with E-state index in [1.165, 1.54) is 66.8 Å². The molecule has 8 nitrogen and oxygen atoms in total. The molecule has 0 aliphatic carbocycles. The van der Waals surface area contributed by atoms with Gasteiger partial charge in [0.2, 0.25) is 0 Å². The highest BCUT2D eigenvalue weighted by Crippen LogP contribution is 2.44. The summed E-state index contributed by atoms with van der Waals surface area (Å²) in [4.78, 5) is 38.4. The molecular weight excluding hydrogens is 1020 g/mol. The molecule has 0 saturated carbocycles. The predicted octanol–water partition coefficient (Wildman–Crippen LogP) is 19.7. The van der Waals surface area contributed by atoms with Gasteiger partial charge in [-0.15, -0.1) is 0 Å². The summed E-state index contributed by atoms with van der Waals surface area (Å²) in [6.07, 6.45) is 17.4. The normalized spacial score (nSPS) is 12.6. The second-order valence-corrected chi connectivity index (χ2v) is 23.8. The minimum atomic E-state index is 0.794. The van der Waals surface area contributed by atoms with Gasteiger partial charge in [0, 0.05) is 77.5 Å². The van der Waals surface area contributed by atoms with Crippen LogP contribution in [0.2, 0.25) is 0 Å². The summed E-state index contributed by atoms with van der Waals surface area (Å²) in [5.74, 6) is 0. The van der Waals surface area contributed by atoms with Gasteiger partial charge in [-0.3, -0.25) is 0 Å². The SMILES string of the molecule is Cc1cc(C)c(-c2c3nc(c(-c4c5nc(c(-c6c(C)cc(C)cc6C)c6ccc(cc7nc(c(-c8c(C)cc(C)cc8C)c8ccc4[nH]8)C=C7)[nH]6)C=C5)c4ccc([nH]4)c(-c4c(C)cc(C)cc4C)c4nc(cc5ccc2[nH]5)C=C4)C=C3)c(C)c1. The second kappa shape index (κ2) is 19.9. The third-order valence-corrected chi connectivity index (χ3v) is 17.1. The lowest BCUT2D eigenvalue weighted by atomic mass is 9.92. The van der Waals surface area contributed by atoms with Gasteiger partial charge in [-0.05, 0) is 259 Å². The molecule has 10 heterocycles. The maximum atomic E-state index is 5.85. The number of rotatable bonds is 5. The van der Waals surface area contributed by atoms with Crippen LogP contribution in [0.3, 0.4) is 0 Å². The van der Waals surface area contributed by atoms with Gasteiger partial charge >= 0.3 is 0 Å². The van der Waals surface area contributed by atoms with E-state index < -0.39 is 0 Å². The van der Waals surface area contributed by atoms with Crippen molar-refractivity contribution in [2.45, 2.75) is 83.1 Å². The smallest absolute Gasteiger partial charge is 0.0738 e. The molecule has 8 heteroatoms. The van der Waals surface area contributed by atoms with Crippen LogP contribution in [0.25, 0.3) is 148 Å². The van der Waals surface area contributed by atoms with Gasteiger partial charge in [0.25, 0.3) is 0 Å². The van der Waals surface area contributed by atoms with Crippen LogP contribution in [-0.2, 0) is 0 Å². The van der Waals surface area contributed by atoms with Crippen molar-refractivity contribution in [2.75, 3.05) is 0 Å². The molecule has 0 spiro atoms. The number of benzene rings is 4. The summed E-state index contributed by atoms with van der Waals surface area (Å²) in [7, 11) is 0. The van der Waals surface area contributed by atoms with Crippen molar-refractivity contribution in [1.82, 2.24) is 39.9 Å². The molecule has 410 valence electrons. The van der Waals surface area contributed by atoms with Gasteiger partial charge in [-0.25, -0.2) is 19.9 Å². The largest absolute Gasteiger partial charge is 0.355 e. The van der Waals surface area contributed by atoms with E-state index in [2.05, 4.69) is 261 Å². The van der Waals surface area contributed by atoms with Gasteiger partial charge in [0.15, 0.2) is 0 Å². The minimum Gasteiger partial charge on any atom is -0.355 e. The van der Waals surface area contributed by atoms with Gasteiger partial charge in [0.05, 0.1) is 45.6 Å². The Balaban J connectivity index is 1.21. The molecular formula is C76H66N8. The fourth-order valence-corrected chi connectivity index (χ4v) is 14.2. The van der Waals surface area contributed by atoms with Crippen LogP contribution >= 0.6 is 0 Å². The Kier molecular flexibility index (Phi) is 12.4. The predicted molar refractivity (Wildman–Crippen MR) is 355 cm³/mol. The summed E-state index contributed by atoms with van der Waals surface area (Å²) in [5, 5.41) is 0. The summed E-state index contributed by atoms with van der Waals surface area (Å²) in [6.45, 7) is 26.4. The molecule has 0 radical (unpaired) electrons. The lowest BCUT2D eigenvalue weighted by molar-refractivity contribution is 1.27. The minimum absolute atomic E-state index is 0.794. The van der Waals surface area contributed by atoms with Crippen molar-refractivity contribution in [3.8, 4) is 55.6 Å². The molecule has 4 aromatic carbocycles. The van der Waals surface area contributed by atoms with E-state index in [1.54, 1.807) is 0 Å². The van der Waals surface area contributed by atoms with E-state index in [1.807, 2.05) is 0 Å². The molecule has 14 rings (SSSR count). The first-order chi connectivity index (χ1) is 40.5. The fourth-order valence-electron chi connectivity index (χ4n) is 14.2. The van der Waals surface area contributed by atoms with Crippen molar-refractivity contribution in [3.05, 3.63) is 222 Å². The molecule has 6 aromatic heterocycles. The van der Waals surface area contributed by atoms with E-state index in [0.717, 1.165) is 145 Å². The number of hydrogen-bond acceptors (Lipinski definition) is 4. The highest BCUT2D eigenvalue weighted by atomic mass is 14.8. The topological polar surface area (TPSA) is 115 Å². The highest BCUT2D eigenvalue weighted by molar-refractivity contribution is 6.05. The average molecular weight is 1090 g/mol. The van der Waals surface area contributed by atoms with Crippen LogP contribution in [0.15, 0.2) is 109 Å². The number of nitrogens with one attached hydrogen (secondary N) is 4. The number of aromatic amines is 4. The zero-order valence-corrected chi connectivity index (χ0v) is 49.8. The Bertz CT molecular complexity index is 4510. The average Bonchev–Trinajstić information content (AvgIpc) is 3.42. The third kappa shape index (κ3) is 8.92. The molecule has 0 saturated heterocycles. The summed E-state index contributed by atoms with van der Waals surface area (Å²) in [6, 6.07) is 40.1. The van der Waals surface area contributed by atoms with E-state index >= 15 is 0 Å². The molecule has 4 N–H and O–H groups in total. The van der Waals surface area contributed by atoms with Crippen LogP contribution in [0.5, 0.6) is 0 Å². The Morgan fingerprint density at radius 3 is 0.702 bits per heavy atom. The Hall–Kier alpha value is -9.92. The lowest BCUT2D eigenvalue weighted by Gasteiger charge is -2.13. The van der Waals surface area contributed by atoms with Crippen LogP contribution in [0.1, 0.15) is 112 Å². The maximum absolute atomic E-state index is 5.85. The Morgan fingerprint density at radius 1 is 0.214 bits per heavy atom. The standard InChI is InChI=1S/C76H66N8/c1-39-29-43(5)67(44(6)30-39)71-55-17-13-51(77-55)37-52-14-18-56(78-52)72(68-45(7)31-40(2)32-46(68)8)60-22-26-64(82-60)75(63-25-21-59(71)81-63)76-65-27-23-61(83-65)73(69-47(9)33-41(3)34-48(69)10)57-19-15-53(79-57)38-54-16-20-58(80-54)74(62-24-28-66(76)84-62)70-49(11)35-42(4)36-50(70)12/h13-38,77,79,82,84H,1-12H3. The van der Waals surface area contributed by atoms with Crippen molar-refractivity contribution in [1.29, 1.82) is 0 Å². The van der Waals surface area contributed by atoms with Crippen molar-refractivity contribution in [2.24, 2.45) is 0 Å². The van der Waals surface area contributed by atoms with Gasteiger partial charge in [-0.1, -0.05) is 70.8 Å². The van der Waals surface area contributed by atoms with Crippen molar-refractivity contribution < 1.29 is 0 Å². The number of fused-ring (bicyclic) bond motifs is 16. The van der Waals surface area contributed by atoms with Crippen LogP contribution in [-0.4, -0.2) is 39.9 Å². The zero-order valence-electron chi connectivity index (χ0n) is 49.8. The van der Waals surface area contributed by atoms with E-state index in [0.29, 0.717) is 0 Å². The molecule has 16 bridgehead atoms. The second-order valence-electron chi connectivity index (χ2n) is 23.8. The molecule has 0 fully saturated rings. The first-order valence-corrected chi connectivity index (χ1v) is 29.1. The molecule has 0 amide bonds. The lowest BCUT2D eigenvalue weighted by Crippen LogP contribution is -1.95. The summed E-state index contributed by atoms with van der Waals surface area (Å²) >= 11 is 0. The third-order valence-electron chi connectivity index (χ3n) is 17.1. The first kappa shape index (κ1) is 52.2. The molecule has 0 atom stereocenters. The number of nitrogens with zero attached hydrogens (tertiary/aromatic N) is 4. The number of aryl methyl sites for hydroxylation is 12. The van der Waals surface area contributed by atoms with Crippen molar-refractivity contribution >= 4 is 92.7 Å². The summed E-state index contributed by atoms with van der Waals surface area (Å²) in [5.41, 5.74) is 39.1. The number of H-pyrrole nitrogens is 4. The van der Waals surface area contributed by atoms with Gasteiger partial charge in [-0.2, -0.15) is 0 Å². The molecule has 4 aliphatic heterocycles. The zero-order chi connectivity index (χ0) is 58.0.